The molecule has 1 aromatic heterocycles. The van der Waals surface area contributed by atoms with Gasteiger partial charge in [0.15, 0.2) is 0 Å². The Kier molecular flexibility index (Phi) is 5.17. The molecule has 1 N–H and O–H groups in total. The van der Waals surface area contributed by atoms with Crippen LogP contribution in [0, 0.1) is 5.92 Å². The van der Waals surface area contributed by atoms with Crippen molar-refractivity contribution in [1.29, 1.82) is 0 Å². The lowest BCUT2D eigenvalue weighted by molar-refractivity contribution is -0.139. The van der Waals surface area contributed by atoms with Crippen LogP contribution in [-0.2, 0) is 14.8 Å². The second-order valence-electron chi connectivity index (χ2n) is 6.45. The summed E-state index contributed by atoms with van der Waals surface area (Å²) in [4.78, 5) is 18.7. The lowest BCUT2D eigenvalue weighted by Gasteiger charge is -2.38. The number of hydrogen-bond donors (Lipinski definition) is 1. The number of piperidine rings is 1. The molecule has 1 amide bonds. The van der Waals surface area contributed by atoms with Gasteiger partial charge in [-0.1, -0.05) is 0 Å². The SMILES string of the molecule is C[C@@H]1CNCCN1C(=O)C1CCN(S(=O)(=O)c2cccnc2)CC1. The average molecular weight is 352 g/mol. The van der Waals surface area contributed by atoms with Gasteiger partial charge in [-0.05, 0) is 31.9 Å². The predicted octanol–water partition coefficient (Wildman–Crippen LogP) is 0.303. The molecule has 0 radical (unpaired) electrons. The molecule has 3 heterocycles. The summed E-state index contributed by atoms with van der Waals surface area (Å²) in [6, 6.07) is 3.38. The monoisotopic (exact) mass is 352 g/mol. The van der Waals surface area contributed by atoms with E-state index in [0.29, 0.717) is 25.9 Å². The Balaban J connectivity index is 1.62. The van der Waals surface area contributed by atoms with Gasteiger partial charge in [0.2, 0.25) is 15.9 Å². The molecule has 0 aromatic carbocycles. The molecule has 0 aliphatic carbocycles. The molecule has 2 aliphatic heterocycles. The van der Waals surface area contributed by atoms with Crippen molar-refractivity contribution in [3.8, 4) is 0 Å². The first-order valence-electron chi connectivity index (χ1n) is 8.41. The minimum atomic E-state index is -3.51. The Morgan fingerprint density at radius 3 is 2.67 bits per heavy atom. The van der Waals surface area contributed by atoms with Crippen LogP contribution in [-0.4, -0.2) is 67.3 Å². The minimum absolute atomic E-state index is 0.0779. The van der Waals surface area contributed by atoms with Crippen LogP contribution < -0.4 is 5.32 Å². The van der Waals surface area contributed by atoms with Crippen molar-refractivity contribution in [2.24, 2.45) is 5.92 Å². The highest BCUT2D eigenvalue weighted by atomic mass is 32.2. The molecular weight excluding hydrogens is 328 g/mol. The molecule has 132 valence electrons. The third-order valence-corrected chi connectivity index (χ3v) is 6.74. The Hall–Kier alpha value is -1.51. The third kappa shape index (κ3) is 3.45. The molecule has 3 rings (SSSR count). The molecular formula is C16H24N4O3S. The molecule has 7 nitrogen and oxygen atoms in total. The predicted molar refractivity (Wildman–Crippen MR) is 89.8 cm³/mol. The molecule has 2 aliphatic rings. The van der Waals surface area contributed by atoms with Crippen molar-refractivity contribution in [2.75, 3.05) is 32.7 Å². The first-order valence-corrected chi connectivity index (χ1v) is 9.85. The number of carbonyl (C=O) groups excluding carboxylic acids is 1. The summed E-state index contributed by atoms with van der Waals surface area (Å²) in [5.74, 6) is 0.0910. The summed E-state index contributed by atoms with van der Waals surface area (Å²) < 4.78 is 26.7. The van der Waals surface area contributed by atoms with E-state index in [2.05, 4.69) is 10.3 Å². The van der Waals surface area contributed by atoms with Crippen LogP contribution >= 0.6 is 0 Å². The van der Waals surface area contributed by atoms with Gasteiger partial charge < -0.3 is 10.2 Å². The zero-order chi connectivity index (χ0) is 17.2. The van der Waals surface area contributed by atoms with E-state index in [4.69, 9.17) is 0 Å². The first-order chi connectivity index (χ1) is 11.5. The molecule has 8 heteroatoms. The molecule has 1 aromatic rings. The minimum Gasteiger partial charge on any atom is -0.337 e. The normalized spacial score (nSPS) is 24.0. The summed E-state index contributed by atoms with van der Waals surface area (Å²) >= 11 is 0. The van der Waals surface area contributed by atoms with Crippen molar-refractivity contribution >= 4 is 15.9 Å². The van der Waals surface area contributed by atoms with Gasteiger partial charge in [-0.3, -0.25) is 9.78 Å². The molecule has 1 atom stereocenters. The molecule has 2 saturated heterocycles. The summed E-state index contributed by atoms with van der Waals surface area (Å²) in [7, 11) is -3.51. The van der Waals surface area contributed by atoms with E-state index in [0.717, 1.165) is 19.6 Å². The zero-order valence-corrected chi connectivity index (χ0v) is 14.7. The maximum atomic E-state index is 12.7. The topological polar surface area (TPSA) is 82.6 Å². The van der Waals surface area contributed by atoms with E-state index in [1.807, 2.05) is 11.8 Å². The van der Waals surface area contributed by atoms with Crippen LogP contribution in [0.2, 0.25) is 0 Å². The number of amides is 1. The lowest BCUT2D eigenvalue weighted by atomic mass is 9.95. The van der Waals surface area contributed by atoms with E-state index < -0.39 is 10.0 Å². The Morgan fingerprint density at radius 2 is 2.04 bits per heavy atom. The van der Waals surface area contributed by atoms with E-state index in [1.165, 1.54) is 10.5 Å². The second-order valence-corrected chi connectivity index (χ2v) is 8.39. The van der Waals surface area contributed by atoms with Gasteiger partial charge in [-0.15, -0.1) is 0 Å². The smallest absolute Gasteiger partial charge is 0.244 e. The Morgan fingerprint density at radius 1 is 1.29 bits per heavy atom. The van der Waals surface area contributed by atoms with Crippen LogP contribution in [0.4, 0.5) is 0 Å². The van der Waals surface area contributed by atoms with Gasteiger partial charge in [0.25, 0.3) is 0 Å². The van der Waals surface area contributed by atoms with Gasteiger partial charge in [0.05, 0.1) is 0 Å². The first kappa shape index (κ1) is 17.3. The maximum absolute atomic E-state index is 12.7. The summed E-state index contributed by atoms with van der Waals surface area (Å²) in [6.07, 6.45) is 4.08. The molecule has 24 heavy (non-hydrogen) atoms. The van der Waals surface area contributed by atoms with Crippen LogP contribution in [0.15, 0.2) is 29.4 Å². The maximum Gasteiger partial charge on any atom is 0.244 e. The number of rotatable bonds is 3. The van der Waals surface area contributed by atoms with Crippen molar-refractivity contribution in [2.45, 2.75) is 30.7 Å². The fraction of sp³-hybridized carbons (Fsp3) is 0.625. The van der Waals surface area contributed by atoms with E-state index in [-0.39, 0.29) is 22.8 Å². The summed E-state index contributed by atoms with van der Waals surface area (Å²) in [5.41, 5.74) is 0. The highest BCUT2D eigenvalue weighted by Gasteiger charge is 2.35. The quantitative estimate of drug-likeness (QED) is 0.846. The van der Waals surface area contributed by atoms with Crippen LogP contribution in [0.3, 0.4) is 0 Å². The van der Waals surface area contributed by atoms with Crippen molar-refractivity contribution in [3.05, 3.63) is 24.5 Å². The molecule has 2 fully saturated rings. The van der Waals surface area contributed by atoms with Gasteiger partial charge >= 0.3 is 0 Å². The largest absolute Gasteiger partial charge is 0.337 e. The summed E-state index contributed by atoms with van der Waals surface area (Å²) in [5, 5.41) is 3.28. The number of nitrogens with zero attached hydrogens (tertiary/aromatic N) is 3. The lowest BCUT2D eigenvalue weighted by Crippen LogP contribution is -2.55. The van der Waals surface area contributed by atoms with Gasteiger partial charge in [-0.25, -0.2) is 8.42 Å². The van der Waals surface area contributed by atoms with Gasteiger partial charge in [0.1, 0.15) is 4.90 Å². The fourth-order valence-electron chi connectivity index (χ4n) is 3.39. The van der Waals surface area contributed by atoms with Crippen LogP contribution in [0.1, 0.15) is 19.8 Å². The van der Waals surface area contributed by atoms with Gasteiger partial charge in [0, 0.05) is 57.1 Å². The number of pyridine rings is 1. The highest BCUT2D eigenvalue weighted by Crippen LogP contribution is 2.25. The van der Waals surface area contributed by atoms with Crippen molar-refractivity contribution in [3.63, 3.8) is 0 Å². The number of aromatic nitrogens is 1. The second kappa shape index (κ2) is 7.16. The molecule has 0 spiro atoms. The van der Waals surface area contributed by atoms with Gasteiger partial charge in [-0.2, -0.15) is 4.31 Å². The standard InChI is InChI=1S/C16H24N4O3S/c1-13-11-18-7-10-20(13)16(21)14-4-8-19(9-5-14)24(22,23)15-3-2-6-17-12-15/h2-3,6,12-14,18H,4-5,7-11H2,1H3/t13-/m1/s1. The average Bonchev–Trinajstić information content (AvgIpc) is 2.62. The number of piperazine rings is 1. The number of carbonyl (C=O) groups is 1. The fourth-order valence-corrected chi connectivity index (χ4v) is 4.83. The molecule has 0 unspecified atom stereocenters. The van der Waals surface area contributed by atoms with E-state index in [9.17, 15) is 13.2 Å². The molecule has 0 bridgehead atoms. The van der Waals surface area contributed by atoms with E-state index in [1.54, 1.807) is 18.3 Å². The van der Waals surface area contributed by atoms with Crippen LogP contribution in [0.5, 0.6) is 0 Å². The Bertz CT molecular complexity index is 672. The number of hydrogen-bond acceptors (Lipinski definition) is 5. The van der Waals surface area contributed by atoms with Crippen molar-refractivity contribution in [1.82, 2.24) is 19.5 Å². The van der Waals surface area contributed by atoms with Crippen molar-refractivity contribution < 1.29 is 13.2 Å². The summed E-state index contributed by atoms with van der Waals surface area (Å²) in [6.45, 7) is 5.19. The number of nitrogens with one attached hydrogen (secondary N) is 1. The third-order valence-electron chi connectivity index (χ3n) is 4.86. The zero-order valence-electron chi connectivity index (χ0n) is 13.9. The molecule has 0 saturated carbocycles. The Labute approximate surface area is 143 Å². The highest BCUT2D eigenvalue weighted by molar-refractivity contribution is 7.89. The number of sulfonamides is 1. The van der Waals surface area contributed by atoms with E-state index >= 15 is 0 Å². The van der Waals surface area contributed by atoms with Crippen LogP contribution in [0.25, 0.3) is 0 Å².